The maximum absolute atomic E-state index is 11.0. The first-order valence-corrected chi connectivity index (χ1v) is 10.0. The van der Waals surface area contributed by atoms with Crippen molar-refractivity contribution in [3.63, 3.8) is 0 Å². The van der Waals surface area contributed by atoms with Gasteiger partial charge in [-0.25, -0.2) is 4.79 Å². The number of aromatic carboxylic acids is 1. The molecule has 0 fully saturated rings. The van der Waals surface area contributed by atoms with Gasteiger partial charge in [0.05, 0.1) is 5.56 Å². The van der Waals surface area contributed by atoms with E-state index in [-0.39, 0.29) is 5.41 Å². The molecule has 3 aromatic rings. The molecular formula is C23H25NO3S. The first kappa shape index (κ1) is 20.1. The lowest BCUT2D eigenvalue weighted by molar-refractivity contribution is 0.0697. The van der Waals surface area contributed by atoms with Crippen LogP contribution in [0.4, 0.5) is 0 Å². The van der Waals surface area contributed by atoms with Gasteiger partial charge in [0, 0.05) is 21.9 Å². The fourth-order valence-corrected chi connectivity index (χ4v) is 4.00. The molecule has 0 bridgehead atoms. The Morgan fingerprint density at radius 1 is 1.00 bits per heavy atom. The number of carboxylic acid groups (broad SMARTS) is 1. The van der Waals surface area contributed by atoms with Crippen LogP contribution in [0, 0.1) is 0 Å². The summed E-state index contributed by atoms with van der Waals surface area (Å²) in [5, 5.41) is 9.05. The van der Waals surface area contributed by atoms with Gasteiger partial charge in [0.1, 0.15) is 12.4 Å². The molecule has 3 N–H and O–H groups in total. The third-order valence-electron chi connectivity index (χ3n) is 4.47. The molecule has 0 aliphatic rings. The third kappa shape index (κ3) is 4.43. The minimum absolute atomic E-state index is 0.0489. The topological polar surface area (TPSA) is 72.5 Å². The highest BCUT2D eigenvalue weighted by molar-refractivity contribution is 7.18. The van der Waals surface area contributed by atoms with Crippen molar-refractivity contribution in [2.75, 3.05) is 13.2 Å². The molecule has 0 amide bonds. The number of nitrogens with two attached hydrogens (primary N) is 1. The van der Waals surface area contributed by atoms with E-state index in [9.17, 15) is 4.79 Å². The smallest absolute Gasteiger partial charge is 0.335 e. The Balaban J connectivity index is 1.93. The minimum Gasteiger partial charge on any atom is -0.492 e. The molecule has 0 spiro atoms. The van der Waals surface area contributed by atoms with Crippen LogP contribution in [0.25, 0.3) is 20.9 Å². The van der Waals surface area contributed by atoms with Crippen LogP contribution in [0.2, 0.25) is 0 Å². The first-order chi connectivity index (χ1) is 13.3. The maximum atomic E-state index is 11.0. The van der Waals surface area contributed by atoms with E-state index < -0.39 is 5.97 Å². The average Bonchev–Trinajstić information content (AvgIpc) is 3.15. The monoisotopic (exact) mass is 395 g/mol. The predicted octanol–water partition coefficient (Wildman–Crippen LogP) is 5.42. The zero-order valence-corrected chi connectivity index (χ0v) is 17.2. The van der Waals surface area contributed by atoms with Crippen LogP contribution in [0.15, 0.2) is 54.6 Å². The number of benzene rings is 2. The van der Waals surface area contributed by atoms with Gasteiger partial charge in [-0.15, -0.1) is 11.3 Å². The van der Waals surface area contributed by atoms with Gasteiger partial charge in [-0.3, -0.25) is 0 Å². The van der Waals surface area contributed by atoms with Gasteiger partial charge in [-0.2, -0.15) is 0 Å². The van der Waals surface area contributed by atoms with E-state index in [1.807, 2.05) is 18.2 Å². The molecule has 3 rings (SSSR count). The highest BCUT2D eigenvalue weighted by Gasteiger charge is 2.20. The Morgan fingerprint density at radius 3 is 2.18 bits per heavy atom. The molecule has 146 valence electrons. The molecule has 5 heteroatoms. The summed E-state index contributed by atoms with van der Waals surface area (Å²) in [5.41, 5.74) is 9.14. The highest BCUT2D eigenvalue weighted by atomic mass is 32.1. The second-order valence-electron chi connectivity index (χ2n) is 7.64. The van der Waals surface area contributed by atoms with Crippen molar-refractivity contribution in [2.45, 2.75) is 26.2 Å². The summed E-state index contributed by atoms with van der Waals surface area (Å²) in [5.74, 6) is -0.0344. The predicted molar refractivity (Wildman–Crippen MR) is 115 cm³/mol. The molecule has 28 heavy (non-hydrogen) atoms. The summed E-state index contributed by atoms with van der Waals surface area (Å²) in [4.78, 5) is 13.3. The summed E-state index contributed by atoms with van der Waals surface area (Å²) < 4.78 is 5.84. The van der Waals surface area contributed by atoms with Crippen LogP contribution in [0.1, 0.15) is 36.7 Å². The van der Waals surface area contributed by atoms with E-state index in [0.29, 0.717) is 18.7 Å². The SMILES string of the molecule is CC(C)(C)c1cc(-c2ccc(-c3ccc(C(=O)O)cc3)s2)ccc1OCCN. The summed E-state index contributed by atoms with van der Waals surface area (Å²) >= 11 is 1.69. The van der Waals surface area contributed by atoms with Crippen molar-refractivity contribution in [1.29, 1.82) is 0 Å². The molecule has 0 saturated heterocycles. The molecule has 0 radical (unpaired) electrons. The number of thiophene rings is 1. The molecular weight excluding hydrogens is 370 g/mol. The Hall–Kier alpha value is -2.63. The van der Waals surface area contributed by atoms with E-state index in [4.69, 9.17) is 15.6 Å². The van der Waals surface area contributed by atoms with Crippen LogP contribution in [-0.4, -0.2) is 24.2 Å². The van der Waals surface area contributed by atoms with Crippen LogP contribution in [0.3, 0.4) is 0 Å². The Morgan fingerprint density at radius 2 is 1.61 bits per heavy atom. The molecule has 0 aliphatic heterocycles. The molecule has 4 nitrogen and oxygen atoms in total. The van der Waals surface area contributed by atoms with E-state index in [1.165, 1.54) is 0 Å². The standard InChI is InChI=1S/C23H25NO3S/c1-23(2,3)18-14-17(8-9-19(18)27-13-12-24)21-11-10-20(28-21)15-4-6-16(7-5-15)22(25)26/h4-11,14H,12-13,24H2,1-3H3,(H,25,26). The Labute approximate surface area is 169 Å². The number of hydrogen-bond acceptors (Lipinski definition) is 4. The number of carboxylic acids is 1. The fourth-order valence-electron chi connectivity index (χ4n) is 2.99. The molecule has 1 heterocycles. The second kappa shape index (κ2) is 8.17. The molecule has 0 saturated carbocycles. The average molecular weight is 396 g/mol. The normalized spacial score (nSPS) is 11.4. The summed E-state index contributed by atoms with van der Waals surface area (Å²) in [6.07, 6.45) is 0. The lowest BCUT2D eigenvalue weighted by Gasteiger charge is -2.23. The largest absolute Gasteiger partial charge is 0.492 e. The second-order valence-corrected chi connectivity index (χ2v) is 8.73. The van der Waals surface area contributed by atoms with Gasteiger partial charge in [0.15, 0.2) is 0 Å². The van der Waals surface area contributed by atoms with Crippen molar-refractivity contribution in [2.24, 2.45) is 5.73 Å². The van der Waals surface area contributed by atoms with Crippen molar-refractivity contribution >= 4 is 17.3 Å². The number of carbonyl (C=O) groups is 1. The number of ether oxygens (including phenoxy) is 1. The van der Waals surface area contributed by atoms with Gasteiger partial charge >= 0.3 is 5.97 Å². The maximum Gasteiger partial charge on any atom is 0.335 e. The molecule has 0 atom stereocenters. The molecule has 2 aromatic carbocycles. The van der Waals surface area contributed by atoms with Gasteiger partial charge in [-0.05, 0) is 59.0 Å². The van der Waals surface area contributed by atoms with Gasteiger partial charge in [0.25, 0.3) is 0 Å². The Kier molecular flexibility index (Phi) is 5.87. The Bertz CT molecular complexity index is 968. The van der Waals surface area contributed by atoms with Gasteiger partial charge in [-0.1, -0.05) is 32.9 Å². The minimum atomic E-state index is -0.912. The van der Waals surface area contributed by atoms with Crippen LogP contribution in [-0.2, 0) is 5.41 Å². The van der Waals surface area contributed by atoms with Crippen molar-refractivity contribution < 1.29 is 14.6 Å². The molecule has 1 aromatic heterocycles. The molecule has 0 unspecified atom stereocenters. The van der Waals surface area contributed by atoms with Crippen LogP contribution in [0.5, 0.6) is 5.75 Å². The van der Waals surface area contributed by atoms with Crippen LogP contribution < -0.4 is 10.5 Å². The quantitative estimate of drug-likeness (QED) is 0.585. The summed E-state index contributed by atoms with van der Waals surface area (Å²) in [6, 6.07) is 17.4. The van der Waals surface area contributed by atoms with Crippen molar-refractivity contribution in [3.8, 4) is 26.6 Å². The zero-order chi connectivity index (χ0) is 20.3. The van der Waals surface area contributed by atoms with E-state index in [1.54, 1.807) is 23.5 Å². The first-order valence-electron chi connectivity index (χ1n) is 9.21. The van der Waals surface area contributed by atoms with Gasteiger partial charge in [0.2, 0.25) is 0 Å². The number of hydrogen-bond donors (Lipinski definition) is 2. The zero-order valence-electron chi connectivity index (χ0n) is 16.4. The van der Waals surface area contributed by atoms with Crippen LogP contribution >= 0.6 is 11.3 Å². The fraction of sp³-hybridized carbons (Fsp3) is 0.261. The third-order valence-corrected chi connectivity index (χ3v) is 5.65. The highest BCUT2D eigenvalue weighted by Crippen LogP contribution is 2.39. The summed E-state index contributed by atoms with van der Waals surface area (Å²) in [6.45, 7) is 7.50. The number of rotatable bonds is 6. The van der Waals surface area contributed by atoms with Gasteiger partial charge < -0.3 is 15.6 Å². The van der Waals surface area contributed by atoms with E-state index in [2.05, 4.69) is 45.0 Å². The lowest BCUT2D eigenvalue weighted by Crippen LogP contribution is -2.16. The lowest BCUT2D eigenvalue weighted by atomic mass is 9.85. The molecule has 0 aliphatic carbocycles. The van der Waals surface area contributed by atoms with E-state index >= 15 is 0 Å². The van der Waals surface area contributed by atoms with Crippen molar-refractivity contribution in [3.05, 3.63) is 65.7 Å². The van der Waals surface area contributed by atoms with E-state index in [0.717, 1.165) is 32.2 Å². The summed E-state index contributed by atoms with van der Waals surface area (Å²) in [7, 11) is 0. The van der Waals surface area contributed by atoms with Crippen molar-refractivity contribution in [1.82, 2.24) is 0 Å².